The first-order valence-electron chi connectivity index (χ1n) is 17.4. The number of fused-ring (bicyclic) bond motifs is 2. The second-order valence-corrected chi connectivity index (χ2v) is 13.4. The number of para-hydroxylation sites is 1. The fourth-order valence-electron chi connectivity index (χ4n) is 6.92. The van der Waals surface area contributed by atoms with E-state index in [-0.39, 0.29) is 5.91 Å². The molecule has 0 unspecified atom stereocenters. The normalized spacial score (nSPS) is 16.0. The number of carbonyl (C=O) groups is 1. The third-order valence-corrected chi connectivity index (χ3v) is 9.64. The van der Waals surface area contributed by atoms with E-state index in [2.05, 4.69) is 42.7 Å². The van der Waals surface area contributed by atoms with Crippen molar-refractivity contribution in [2.75, 3.05) is 45.1 Å². The fourth-order valence-corrected chi connectivity index (χ4v) is 6.92. The molecule has 5 aromatic rings. The highest BCUT2D eigenvalue weighted by Gasteiger charge is 2.24. The molecule has 6 rings (SSSR count). The lowest BCUT2D eigenvalue weighted by Crippen LogP contribution is -2.34. The number of nitrogens with zero attached hydrogens (tertiary/aromatic N) is 4. The van der Waals surface area contributed by atoms with E-state index >= 15 is 0 Å². The molecule has 2 aromatic heterocycles. The van der Waals surface area contributed by atoms with Crippen LogP contribution in [0.15, 0.2) is 60.7 Å². The van der Waals surface area contributed by atoms with Gasteiger partial charge in [-0.25, -0.2) is 9.97 Å². The van der Waals surface area contributed by atoms with E-state index in [4.69, 9.17) is 24.4 Å². The van der Waals surface area contributed by atoms with Crippen molar-refractivity contribution in [3.05, 3.63) is 77.4 Å². The van der Waals surface area contributed by atoms with Gasteiger partial charge >= 0.3 is 0 Å². The molecule has 0 atom stereocenters. The van der Waals surface area contributed by atoms with Gasteiger partial charge in [0.1, 0.15) is 5.82 Å². The first-order chi connectivity index (χ1) is 23.8. The zero-order chi connectivity index (χ0) is 34.5. The third kappa shape index (κ3) is 7.56. The highest BCUT2D eigenvalue weighted by atomic mass is 16.5. The number of pyridine rings is 1. The number of ether oxygens (including phenoxy) is 2. The summed E-state index contributed by atoms with van der Waals surface area (Å²) in [6.45, 7) is 4.92. The molecule has 0 bridgehead atoms. The van der Waals surface area contributed by atoms with Gasteiger partial charge in [-0.1, -0.05) is 31.5 Å². The molecule has 1 fully saturated rings. The lowest BCUT2D eigenvalue weighted by atomic mass is 9.86. The van der Waals surface area contributed by atoms with Crippen LogP contribution in [0.5, 0.6) is 11.5 Å². The molecule has 1 aliphatic carbocycles. The Hall–Kier alpha value is -4.92. The Kier molecular flexibility index (Phi) is 10.5. The van der Waals surface area contributed by atoms with Gasteiger partial charge < -0.3 is 25.0 Å². The van der Waals surface area contributed by atoms with E-state index in [0.717, 1.165) is 89.4 Å². The van der Waals surface area contributed by atoms with Crippen molar-refractivity contribution in [2.45, 2.75) is 64.8 Å². The molecule has 1 saturated carbocycles. The molecule has 2 N–H and O–H groups in total. The summed E-state index contributed by atoms with van der Waals surface area (Å²) in [5.74, 6) is 3.18. The first-order valence-corrected chi connectivity index (χ1v) is 17.4. The second kappa shape index (κ2) is 15.1. The Labute approximate surface area is 289 Å². The molecule has 1 amide bonds. The Morgan fingerprint density at radius 1 is 0.898 bits per heavy atom. The number of aryl methyl sites for hydroxylation is 2. The maximum atomic E-state index is 14.0. The van der Waals surface area contributed by atoms with Crippen LogP contribution in [-0.2, 0) is 6.42 Å². The molecule has 9 heteroatoms. The van der Waals surface area contributed by atoms with E-state index in [1.807, 2.05) is 61.5 Å². The average molecular weight is 661 g/mol. The average Bonchev–Trinajstić information content (AvgIpc) is 3.12. The number of unbranched alkanes of at least 4 members (excludes halogenated alkanes) is 1. The zero-order valence-electron chi connectivity index (χ0n) is 29.6. The van der Waals surface area contributed by atoms with E-state index in [9.17, 15) is 4.79 Å². The SMILES string of the molecule is CCCCc1cc(C)c2nc(-c3ccc(OC)c(OC)c3)cc(C(=O)NC[C@H]3CC[C@@H](Nc4nc(N(C)C)c5ccccc5n4)CC3)c2c1. The molecule has 1 aliphatic rings. The van der Waals surface area contributed by atoms with Gasteiger partial charge in [-0.15, -0.1) is 0 Å². The molecule has 256 valence electrons. The summed E-state index contributed by atoms with van der Waals surface area (Å²) in [6.07, 6.45) is 7.21. The van der Waals surface area contributed by atoms with Gasteiger partial charge in [-0.05, 0) is 105 Å². The van der Waals surface area contributed by atoms with Crippen LogP contribution in [0.1, 0.15) is 66.9 Å². The summed E-state index contributed by atoms with van der Waals surface area (Å²) in [7, 11) is 7.27. The number of hydrogen-bond donors (Lipinski definition) is 2. The van der Waals surface area contributed by atoms with Crippen LogP contribution in [0.25, 0.3) is 33.1 Å². The maximum absolute atomic E-state index is 14.0. The minimum absolute atomic E-state index is 0.0674. The van der Waals surface area contributed by atoms with Crippen molar-refractivity contribution in [3.8, 4) is 22.8 Å². The predicted octanol–water partition coefficient (Wildman–Crippen LogP) is 7.98. The maximum Gasteiger partial charge on any atom is 0.252 e. The molecule has 2 heterocycles. The van der Waals surface area contributed by atoms with Crippen LogP contribution < -0.4 is 25.0 Å². The van der Waals surface area contributed by atoms with Crippen molar-refractivity contribution in [1.29, 1.82) is 0 Å². The number of anilines is 2. The van der Waals surface area contributed by atoms with Gasteiger partial charge in [-0.3, -0.25) is 4.79 Å². The quantitative estimate of drug-likeness (QED) is 0.139. The molecule has 9 nitrogen and oxygen atoms in total. The summed E-state index contributed by atoms with van der Waals surface area (Å²) in [5, 5.41) is 8.85. The van der Waals surface area contributed by atoms with Crippen molar-refractivity contribution < 1.29 is 14.3 Å². The minimum atomic E-state index is -0.0674. The Morgan fingerprint density at radius 3 is 2.41 bits per heavy atom. The number of hydrogen-bond acceptors (Lipinski definition) is 8. The van der Waals surface area contributed by atoms with Crippen molar-refractivity contribution in [3.63, 3.8) is 0 Å². The van der Waals surface area contributed by atoms with Gasteiger partial charge in [0.15, 0.2) is 11.5 Å². The third-order valence-electron chi connectivity index (χ3n) is 9.64. The molecule has 0 radical (unpaired) electrons. The van der Waals surface area contributed by atoms with Gasteiger partial charge in [0.25, 0.3) is 5.91 Å². The smallest absolute Gasteiger partial charge is 0.252 e. The van der Waals surface area contributed by atoms with Gasteiger partial charge in [0, 0.05) is 43.0 Å². The van der Waals surface area contributed by atoms with Crippen molar-refractivity contribution >= 4 is 39.5 Å². The number of amides is 1. The standard InChI is InChI=1S/C40H48N6O3/c1-7-8-11-27-20-25(2)37-31(21-27)32(23-34(43-37)28-16-19-35(48-5)36(22-28)49-6)39(47)41-24-26-14-17-29(18-15-26)42-40-44-33-13-10-9-12-30(33)38(45-40)46(3)4/h9-10,12-13,16,19-23,26,29H,7-8,11,14-15,17-18,24H2,1-6H3,(H,41,47)(H,42,44,45)/t26-,29+. The molecule has 3 aromatic carbocycles. The molecule has 0 aliphatic heterocycles. The number of aromatic nitrogens is 3. The van der Waals surface area contributed by atoms with Crippen LogP contribution in [0.2, 0.25) is 0 Å². The zero-order valence-corrected chi connectivity index (χ0v) is 29.6. The van der Waals surface area contributed by atoms with E-state index < -0.39 is 0 Å². The fraction of sp³-hybridized carbons (Fsp3) is 0.400. The minimum Gasteiger partial charge on any atom is -0.493 e. The number of rotatable bonds is 12. The summed E-state index contributed by atoms with van der Waals surface area (Å²) < 4.78 is 11.0. The number of methoxy groups -OCH3 is 2. The van der Waals surface area contributed by atoms with Crippen molar-refractivity contribution in [1.82, 2.24) is 20.3 Å². The number of nitrogens with one attached hydrogen (secondary N) is 2. The van der Waals surface area contributed by atoms with Crippen LogP contribution in [-0.4, -0.2) is 61.8 Å². The summed E-state index contributed by atoms with van der Waals surface area (Å²) in [5.41, 5.74) is 6.32. The van der Waals surface area contributed by atoms with E-state index in [1.54, 1.807) is 14.2 Å². The van der Waals surface area contributed by atoms with E-state index in [0.29, 0.717) is 41.5 Å². The van der Waals surface area contributed by atoms with Gasteiger partial charge in [0.05, 0.1) is 36.5 Å². The van der Waals surface area contributed by atoms with Crippen LogP contribution in [0, 0.1) is 12.8 Å². The molecular weight excluding hydrogens is 612 g/mol. The molecule has 0 saturated heterocycles. The highest BCUT2D eigenvalue weighted by molar-refractivity contribution is 6.08. The lowest BCUT2D eigenvalue weighted by Gasteiger charge is -2.29. The van der Waals surface area contributed by atoms with Gasteiger partial charge in [0.2, 0.25) is 5.95 Å². The molecule has 49 heavy (non-hydrogen) atoms. The summed E-state index contributed by atoms with van der Waals surface area (Å²) in [6, 6.07) is 20.5. The summed E-state index contributed by atoms with van der Waals surface area (Å²) >= 11 is 0. The molecular formula is C40H48N6O3. The van der Waals surface area contributed by atoms with Crippen molar-refractivity contribution in [2.24, 2.45) is 5.92 Å². The van der Waals surface area contributed by atoms with Crippen LogP contribution in [0.4, 0.5) is 11.8 Å². The van der Waals surface area contributed by atoms with E-state index in [1.165, 1.54) is 5.56 Å². The highest BCUT2D eigenvalue weighted by Crippen LogP contribution is 2.35. The lowest BCUT2D eigenvalue weighted by molar-refractivity contribution is 0.0945. The number of benzene rings is 3. The van der Waals surface area contributed by atoms with Crippen LogP contribution in [0.3, 0.4) is 0 Å². The molecule has 0 spiro atoms. The van der Waals surface area contributed by atoms with Crippen LogP contribution >= 0.6 is 0 Å². The second-order valence-electron chi connectivity index (χ2n) is 13.4. The number of carbonyl (C=O) groups excluding carboxylic acids is 1. The topological polar surface area (TPSA) is 102 Å². The Morgan fingerprint density at radius 2 is 1.67 bits per heavy atom. The first kappa shape index (κ1) is 34.0. The summed E-state index contributed by atoms with van der Waals surface area (Å²) in [4.78, 5) is 30.8. The monoisotopic (exact) mass is 660 g/mol. The Bertz CT molecular complexity index is 1950. The Balaban J connectivity index is 1.18. The van der Waals surface area contributed by atoms with Gasteiger partial charge in [-0.2, -0.15) is 4.98 Å². The largest absolute Gasteiger partial charge is 0.493 e. The predicted molar refractivity (Wildman–Crippen MR) is 199 cm³/mol.